The molecule has 26 heavy (non-hydrogen) atoms. The van der Waals surface area contributed by atoms with Crippen LogP contribution in [-0.4, -0.2) is 71.2 Å². The molecule has 8 nitrogen and oxygen atoms in total. The van der Waals surface area contributed by atoms with Crippen molar-refractivity contribution in [3.63, 3.8) is 0 Å². The second-order valence-electron chi connectivity index (χ2n) is 8.52. The number of likely N-dealkylation sites (tertiary alicyclic amines) is 1. The number of fused-ring (bicyclic) bond motifs is 1. The SMILES string of the molecule is CNC(=O)[C@@H]1[C@@H]2CCC3(O2)C(C(=O)NC(C)(C)C)N(CCCO)C(=O)[C@H]13. The summed E-state index contributed by atoms with van der Waals surface area (Å²) in [6.07, 6.45) is 1.30. The van der Waals surface area contributed by atoms with Gasteiger partial charge in [-0.3, -0.25) is 14.4 Å². The number of nitrogens with zero attached hydrogens (tertiary/aromatic N) is 1. The number of hydrogen-bond acceptors (Lipinski definition) is 5. The molecule has 1 spiro atoms. The predicted molar refractivity (Wildman–Crippen MR) is 93.0 cm³/mol. The second kappa shape index (κ2) is 6.49. The number of rotatable bonds is 5. The number of carbonyl (C=O) groups is 3. The van der Waals surface area contributed by atoms with Gasteiger partial charge in [0, 0.05) is 25.7 Å². The number of amides is 3. The van der Waals surface area contributed by atoms with Gasteiger partial charge in [0.2, 0.25) is 17.7 Å². The summed E-state index contributed by atoms with van der Waals surface area (Å²) in [5.41, 5.74) is -1.40. The standard InChI is InChI=1S/C18H29N3O5/c1-17(2,3)20-15(24)13-18-7-6-10(26-18)11(14(23)19-4)12(18)16(25)21(13)8-5-9-22/h10-13,22H,5-9H2,1-4H3,(H,19,23)(H,20,24)/t10-,11+,12-,13?,18?/m0/s1. The van der Waals surface area contributed by atoms with E-state index in [2.05, 4.69) is 10.6 Å². The minimum Gasteiger partial charge on any atom is -0.396 e. The molecule has 5 atom stereocenters. The summed E-state index contributed by atoms with van der Waals surface area (Å²) in [6.45, 7) is 5.85. The molecule has 146 valence electrons. The van der Waals surface area contributed by atoms with Crippen LogP contribution in [0.1, 0.15) is 40.0 Å². The first kappa shape index (κ1) is 19.1. The third kappa shape index (κ3) is 2.79. The van der Waals surface area contributed by atoms with Gasteiger partial charge in [-0.25, -0.2) is 0 Å². The lowest BCUT2D eigenvalue weighted by molar-refractivity contribution is -0.142. The molecule has 0 aromatic carbocycles. The van der Waals surface area contributed by atoms with Crippen molar-refractivity contribution in [2.24, 2.45) is 11.8 Å². The van der Waals surface area contributed by atoms with Gasteiger partial charge in [-0.15, -0.1) is 0 Å². The molecule has 3 N–H and O–H groups in total. The van der Waals surface area contributed by atoms with Crippen LogP contribution < -0.4 is 10.6 Å². The Morgan fingerprint density at radius 3 is 2.62 bits per heavy atom. The van der Waals surface area contributed by atoms with Crippen molar-refractivity contribution in [2.45, 2.75) is 63.3 Å². The molecule has 3 fully saturated rings. The maximum atomic E-state index is 13.2. The highest BCUT2D eigenvalue weighted by molar-refractivity contribution is 5.99. The Morgan fingerprint density at radius 2 is 2.04 bits per heavy atom. The minimum atomic E-state index is -0.955. The highest BCUT2D eigenvalue weighted by Crippen LogP contribution is 2.58. The van der Waals surface area contributed by atoms with Gasteiger partial charge in [0.1, 0.15) is 11.6 Å². The Balaban J connectivity index is 1.99. The normalized spacial score (nSPS) is 35.6. The number of aliphatic hydroxyl groups excluding tert-OH is 1. The average Bonchev–Trinajstić information content (AvgIpc) is 3.18. The van der Waals surface area contributed by atoms with Crippen LogP contribution in [0.15, 0.2) is 0 Å². The molecular weight excluding hydrogens is 338 g/mol. The smallest absolute Gasteiger partial charge is 0.246 e. The fraction of sp³-hybridized carbons (Fsp3) is 0.833. The van der Waals surface area contributed by atoms with Crippen molar-refractivity contribution >= 4 is 17.7 Å². The maximum absolute atomic E-state index is 13.2. The monoisotopic (exact) mass is 367 g/mol. The lowest BCUT2D eigenvalue weighted by Gasteiger charge is -2.35. The van der Waals surface area contributed by atoms with E-state index in [4.69, 9.17) is 4.74 Å². The second-order valence-corrected chi connectivity index (χ2v) is 8.52. The van der Waals surface area contributed by atoms with Gasteiger partial charge < -0.3 is 25.4 Å². The van der Waals surface area contributed by atoms with Gasteiger partial charge in [0.05, 0.1) is 17.9 Å². The Bertz CT molecular complexity index is 616. The zero-order valence-electron chi connectivity index (χ0n) is 15.9. The molecule has 3 aliphatic rings. The molecule has 3 saturated heterocycles. The molecule has 0 aromatic heterocycles. The molecule has 0 radical (unpaired) electrons. The number of nitrogens with one attached hydrogen (secondary N) is 2. The fourth-order valence-corrected chi connectivity index (χ4v) is 4.84. The Morgan fingerprint density at radius 1 is 1.35 bits per heavy atom. The Kier molecular flexibility index (Phi) is 4.77. The van der Waals surface area contributed by atoms with E-state index < -0.39 is 29.0 Å². The van der Waals surface area contributed by atoms with Crippen LogP contribution in [-0.2, 0) is 19.1 Å². The van der Waals surface area contributed by atoms with Crippen LogP contribution in [0.4, 0.5) is 0 Å². The third-order valence-corrected chi connectivity index (χ3v) is 5.65. The Hall–Kier alpha value is -1.67. The van der Waals surface area contributed by atoms with Gasteiger partial charge in [-0.05, 0) is 40.0 Å². The first-order chi connectivity index (χ1) is 12.2. The molecule has 0 saturated carbocycles. The number of hydrogen-bond donors (Lipinski definition) is 3. The predicted octanol–water partition coefficient (Wildman–Crippen LogP) is -0.596. The molecule has 3 aliphatic heterocycles. The summed E-state index contributed by atoms with van der Waals surface area (Å²) >= 11 is 0. The van der Waals surface area contributed by atoms with Crippen LogP contribution >= 0.6 is 0 Å². The largest absolute Gasteiger partial charge is 0.396 e. The summed E-state index contributed by atoms with van der Waals surface area (Å²) in [5, 5.41) is 14.8. The minimum absolute atomic E-state index is 0.0720. The van der Waals surface area contributed by atoms with Gasteiger partial charge in [-0.2, -0.15) is 0 Å². The van der Waals surface area contributed by atoms with Gasteiger partial charge in [0.25, 0.3) is 0 Å². The first-order valence-corrected chi connectivity index (χ1v) is 9.29. The van der Waals surface area contributed by atoms with Crippen LogP contribution in [0, 0.1) is 11.8 Å². The van der Waals surface area contributed by atoms with E-state index in [0.717, 1.165) is 0 Å². The molecule has 3 heterocycles. The van der Waals surface area contributed by atoms with E-state index in [-0.39, 0.29) is 37.0 Å². The number of ether oxygens (including phenoxy) is 1. The van der Waals surface area contributed by atoms with Crippen molar-refractivity contribution in [1.29, 1.82) is 0 Å². The lowest BCUT2D eigenvalue weighted by atomic mass is 9.70. The van der Waals surface area contributed by atoms with Gasteiger partial charge in [0.15, 0.2) is 0 Å². The van der Waals surface area contributed by atoms with Crippen LogP contribution in [0.3, 0.4) is 0 Å². The topological polar surface area (TPSA) is 108 Å². The molecule has 3 rings (SSSR count). The van der Waals surface area contributed by atoms with Crippen molar-refractivity contribution in [3.8, 4) is 0 Å². The molecule has 2 bridgehead atoms. The third-order valence-electron chi connectivity index (χ3n) is 5.65. The first-order valence-electron chi connectivity index (χ1n) is 9.29. The summed E-state index contributed by atoms with van der Waals surface area (Å²) in [6, 6.07) is -0.773. The van der Waals surface area contributed by atoms with Crippen molar-refractivity contribution < 1.29 is 24.2 Å². The van der Waals surface area contributed by atoms with Crippen molar-refractivity contribution in [2.75, 3.05) is 20.2 Å². The summed E-state index contributed by atoms with van der Waals surface area (Å²) in [7, 11) is 1.55. The fourth-order valence-electron chi connectivity index (χ4n) is 4.84. The van der Waals surface area contributed by atoms with E-state index >= 15 is 0 Å². The zero-order chi connectivity index (χ0) is 19.3. The zero-order valence-corrected chi connectivity index (χ0v) is 15.9. The van der Waals surface area contributed by atoms with E-state index in [0.29, 0.717) is 19.3 Å². The van der Waals surface area contributed by atoms with Crippen molar-refractivity contribution in [1.82, 2.24) is 15.5 Å². The van der Waals surface area contributed by atoms with E-state index in [1.165, 1.54) is 4.90 Å². The maximum Gasteiger partial charge on any atom is 0.246 e. The number of carbonyl (C=O) groups excluding carboxylic acids is 3. The van der Waals surface area contributed by atoms with Crippen LogP contribution in [0.5, 0.6) is 0 Å². The molecule has 8 heteroatoms. The van der Waals surface area contributed by atoms with E-state index in [1.54, 1.807) is 7.05 Å². The summed E-state index contributed by atoms with van der Waals surface area (Å²) < 4.78 is 6.20. The van der Waals surface area contributed by atoms with E-state index in [9.17, 15) is 19.5 Å². The quantitative estimate of drug-likeness (QED) is 0.602. The Labute approximate surface area is 153 Å². The van der Waals surface area contributed by atoms with Gasteiger partial charge >= 0.3 is 0 Å². The van der Waals surface area contributed by atoms with Crippen LogP contribution in [0.2, 0.25) is 0 Å². The van der Waals surface area contributed by atoms with Crippen LogP contribution in [0.25, 0.3) is 0 Å². The highest BCUT2D eigenvalue weighted by atomic mass is 16.5. The van der Waals surface area contributed by atoms with Gasteiger partial charge in [-0.1, -0.05) is 0 Å². The van der Waals surface area contributed by atoms with E-state index in [1.807, 2.05) is 20.8 Å². The highest BCUT2D eigenvalue weighted by Gasteiger charge is 2.74. The molecular formula is C18H29N3O5. The summed E-state index contributed by atoms with van der Waals surface area (Å²) in [4.78, 5) is 40.2. The molecule has 0 aromatic rings. The average molecular weight is 367 g/mol. The molecule has 2 unspecified atom stereocenters. The number of aliphatic hydroxyl groups is 1. The van der Waals surface area contributed by atoms with Crippen molar-refractivity contribution in [3.05, 3.63) is 0 Å². The lowest BCUT2D eigenvalue weighted by Crippen LogP contribution is -2.58. The molecule has 0 aliphatic carbocycles. The molecule has 3 amide bonds. The summed E-state index contributed by atoms with van der Waals surface area (Å²) in [5.74, 6) is -1.90.